The number of nitrogens with one attached hydrogen (secondary N) is 1. The maximum atomic E-state index is 12.4. The van der Waals surface area contributed by atoms with Crippen molar-refractivity contribution < 1.29 is 13.5 Å². The molecular formula is C14H19N3O3S. The SMILES string of the molecule is CCC(O)CCNS(=O)(=O)c1ccc(N)c2cccnc12. The number of hydrogen-bond acceptors (Lipinski definition) is 5. The van der Waals surface area contributed by atoms with Crippen molar-refractivity contribution in [2.24, 2.45) is 0 Å². The highest BCUT2D eigenvalue weighted by Crippen LogP contribution is 2.25. The normalized spacial score (nSPS) is 13.4. The summed E-state index contributed by atoms with van der Waals surface area (Å²) < 4.78 is 27.2. The molecule has 0 aliphatic carbocycles. The van der Waals surface area contributed by atoms with Crippen molar-refractivity contribution in [2.75, 3.05) is 12.3 Å². The summed E-state index contributed by atoms with van der Waals surface area (Å²) in [7, 11) is -3.69. The third kappa shape index (κ3) is 3.49. The zero-order valence-electron chi connectivity index (χ0n) is 11.8. The molecule has 0 saturated carbocycles. The largest absolute Gasteiger partial charge is 0.398 e. The first-order valence-electron chi connectivity index (χ1n) is 6.76. The smallest absolute Gasteiger partial charge is 0.242 e. The lowest BCUT2D eigenvalue weighted by Crippen LogP contribution is -2.27. The predicted molar refractivity (Wildman–Crippen MR) is 82.3 cm³/mol. The van der Waals surface area contributed by atoms with Crippen LogP contribution in [0.5, 0.6) is 0 Å². The molecule has 6 nitrogen and oxygen atoms in total. The maximum absolute atomic E-state index is 12.4. The Kier molecular flexibility index (Phi) is 4.76. The van der Waals surface area contributed by atoms with Crippen molar-refractivity contribution in [3.05, 3.63) is 30.5 Å². The standard InChI is InChI=1S/C14H19N3O3S/c1-2-10(18)7-9-17-21(19,20)13-6-5-12(15)11-4-3-8-16-14(11)13/h3-6,8,10,17-18H,2,7,9,15H2,1H3. The molecule has 0 radical (unpaired) electrons. The van der Waals surface area contributed by atoms with E-state index in [0.29, 0.717) is 29.4 Å². The van der Waals surface area contributed by atoms with Gasteiger partial charge in [0.25, 0.3) is 0 Å². The second kappa shape index (κ2) is 6.38. The zero-order chi connectivity index (χ0) is 15.5. The Morgan fingerprint density at radius 2 is 2.14 bits per heavy atom. The minimum atomic E-state index is -3.69. The maximum Gasteiger partial charge on any atom is 0.242 e. The number of pyridine rings is 1. The molecule has 0 fully saturated rings. The second-order valence-electron chi connectivity index (χ2n) is 4.80. The fraction of sp³-hybridized carbons (Fsp3) is 0.357. The lowest BCUT2D eigenvalue weighted by molar-refractivity contribution is 0.162. The van der Waals surface area contributed by atoms with Crippen LogP contribution < -0.4 is 10.5 Å². The van der Waals surface area contributed by atoms with Gasteiger partial charge >= 0.3 is 0 Å². The minimum Gasteiger partial charge on any atom is -0.398 e. The minimum absolute atomic E-state index is 0.0956. The molecule has 114 valence electrons. The van der Waals surface area contributed by atoms with Crippen LogP contribution in [0.2, 0.25) is 0 Å². The average Bonchev–Trinajstić information content (AvgIpc) is 2.47. The van der Waals surface area contributed by atoms with Gasteiger partial charge in [0, 0.05) is 23.8 Å². The van der Waals surface area contributed by atoms with Crippen LogP contribution in [0.4, 0.5) is 5.69 Å². The Bertz CT molecular complexity index is 731. The van der Waals surface area contributed by atoms with Crippen molar-refractivity contribution in [3.63, 3.8) is 0 Å². The molecule has 0 bridgehead atoms. The van der Waals surface area contributed by atoms with Gasteiger partial charge in [-0.1, -0.05) is 6.92 Å². The van der Waals surface area contributed by atoms with Crippen molar-refractivity contribution in [3.8, 4) is 0 Å². The van der Waals surface area contributed by atoms with Gasteiger partial charge < -0.3 is 10.8 Å². The summed E-state index contributed by atoms with van der Waals surface area (Å²) in [5, 5.41) is 10.1. The van der Waals surface area contributed by atoms with Crippen molar-refractivity contribution in [1.29, 1.82) is 0 Å². The van der Waals surface area contributed by atoms with Crippen LogP contribution in [0.1, 0.15) is 19.8 Å². The molecule has 2 aromatic rings. The van der Waals surface area contributed by atoms with Crippen LogP contribution >= 0.6 is 0 Å². The first kappa shape index (κ1) is 15.7. The summed E-state index contributed by atoms with van der Waals surface area (Å²) in [6, 6.07) is 6.44. The predicted octanol–water partition coefficient (Wildman–Crippen LogP) is 1.26. The van der Waals surface area contributed by atoms with Gasteiger partial charge in [-0.05, 0) is 37.1 Å². The molecule has 0 aliphatic heterocycles. The van der Waals surface area contributed by atoms with Gasteiger partial charge in [0.15, 0.2) is 0 Å². The van der Waals surface area contributed by atoms with Crippen LogP contribution in [0.15, 0.2) is 35.4 Å². The van der Waals surface area contributed by atoms with Crippen molar-refractivity contribution >= 4 is 26.6 Å². The Morgan fingerprint density at radius 3 is 2.86 bits per heavy atom. The van der Waals surface area contributed by atoms with Gasteiger partial charge in [0.1, 0.15) is 4.90 Å². The van der Waals surface area contributed by atoms with Gasteiger partial charge in [-0.3, -0.25) is 4.98 Å². The lowest BCUT2D eigenvalue weighted by atomic mass is 10.2. The van der Waals surface area contributed by atoms with Crippen LogP contribution in [-0.4, -0.2) is 31.2 Å². The van der Waals surface area contributed by atoms with Crippen molar-refractivity contribution in [2.45, 2.75) is 30.8 Å². The van der Waals surface area contributed by atoms with E-state index in [4.69, 9.17) is 5.73 Å². The number of nitrogen functional groups attached to an aromatic ring is 1. The van der Waals surface area contributed by atoms with E-state index < -0.39 is 16.1 Å². The number of anilines is 1. The summed E-state index contributed by atoms with van der Waals surface area (Å²) in [6.07, 6.45) is 1.99. The van der Waals surface area contributed by atoms with E-state index in [9.17, 15) is 13.5 Å². The Hall–Kier alpha value is -1.70. The molecule has 7 heteroatoms. The fourth-order valence-corrected chi connectivity index (χ4v) is 3.23. The second-order valence-corrected chi connectivity index (χ2v) is 6.54. The fourth-order valence-electron chi connectivity index (χ4n) is 2.03. The lowest BCUT2D eigenvalue weighted by Gasteiger charge is -2.11. The number of rotatable bonds is 6. The summed E-state index contributed by atoms with van der Waals surface area (Å²) in [5.74, 6) is 0. The Morgan fingerprint density at radius 1 is 1.38 bits per heavy atom. The Balaban J connectivity index is 2.31. The van der Waals surface area contributed by atoms with E-state index >= 15 is 0 Å². The topological polar surface area (TPSA) is 105 Å². The molecule has 1 heterocycles. The van der Waals surface area contributed by atoms with Gasteiger partial charge in [-0.25, -0.2) is 13.1 Å². The molecule has 1 aromatic heterocycles. The monoisotopic (exact) mass is 309 g/mol. The first-order chi connectivity index (χ1) is 9.95. The van der Waals surface area contributed by atoms with E-state index in [1.807, 2.05) is 6.92 Å². The van der Waals surface area contributed by atoms with E-state index in [1.165, 1.54) is 12.3 Å². The number of aliphatic hydroxyl groups excluding tert-OH is 1. The molecule has 0 saturated heterocycles. The molecule has 1 atom stereocenters. The van der Waals surface area contributed by atoms with Crippen LogP contribution in [0.25, 0.3) is 10.9 Å². The highest BCUT2D eigenvalue weighted by Gasteiger charge is 2.19. The average molecular weight is 309 g/mol. The number of nitrogens with two attached hydrogens (primary N) is 1. The molecule has 0 aliphatic rings. The zero-order valence-corrected chi connectivity index (χ0v) is 12.6. The number of benzene rings is 1. The molecule has 0 amide bonds. The number of hydrogen-bond donors (Lipinski definition) is 3. The van der Waals surface area contributed by atoms with Crippen LogP contribution in [-0.2, 0) is 10.0 Å². The summed E-state index contributed by atoms with van der Waals surface area (Å²) in [4.78, 5) is 4.21. The molecular weight excluding hydrogens is 290 g/mol. The highest BCUT2D eigenvalue weighted by molar-refractivity contribution is 7.89. The number of sulfonamides is 1. The highest BCUT2D eigenvalue weighted by atomic mass is 32.2. The van der Waals surface area contributed by atoms with Crippen molar-refractivity contribution in [1.82, 2.24) is 9.71 Å². The summed E-state index contributed by atoms with van der Waals surface area (Å²) >= 11 is 0. The number of aliphatic hydroxyl groups is 1. The third-order valence-electron chi connectivity index (χ3n) is 3.30. The summed E-state index contributed by atoms with van der Waals surface area (Å²) in [6.45, 7) is 2.02. The number of fused-ring (bicyclic) bond motifs is 1. The molecule has 2 rings (SSSR count). The van der Waals surface area contributed by atoms with Gasteiger partial charge in [-0.2, -0.15) is 0 Å². The molecule has 21 heavy (non-hydrogen) atoms. The summed E-state index contributed by atoms with van der Waals surface area (Å²) in [5.41, 5.74) is 6.67. The molecule has 1 unspecified atom stereocenters. The molecule has 0 spiro atoms. The van der Waals surface area contributed by atoms with E-state index in [2.05, 4.69) is 9.71 Å². The molecule has 1 aromatic carbocycles. The quantitative estimate of drug-likeness (QED) is 0.697. The van der Waals surface area contributed by atoms with Gasteiger partial charge in [0.05, 0.1) is 11.6 Å². The van der Waals surface area contributed by atoms with E-state index in [1.54, 1.807) is 18.2 Å². The number of aromatic nitrogens is 1. The number of nitrogens with zero attached hydrogens (tertiary/aromatic N) is 1. The van der Waals surface area contributed by atoms with Gasteiger partial charge in [-0.15, -0.1) is 0 Å². The Labute approximate surface area is 124 Å². The van der Waals surface area contributed by atoms with Crippen LogP contribution in [0, 0.1) is 0 Å². The van der Waals surface area contributed by atoms with Gasteiger partial charge in [0.2, 0.25) is 10.0 Å². The van der Waals surface area contributed by atoms with Crippen LogP contribution in [0.3, 0.4) is 0 Å². The molecule has 4 N–H and O–H groups in total. The third-order valence-corrected chi connectivity index (χ3v) is 4.79. The van der Waals surface area contributed by atoms with E-state index in [-0.39, 0.29) is 11.4 Å². The van der Waals surface area contributed by atoms with E-state index in [0.717, 1.165) is 0 Å². The first-order valence-corrected chi connectivity index (χ1v) is 8.25.